The van der Waals surface area contributed by atoms with Crippen LogP contribution in [0.3, 0.4) is 0 Å². The number of hydrogen-bond donors (Lipinski definition) is 0. The van der Waals surface area contributed by atoms with Crippen molar-refractivity contribution >= 4 is 17.9 Å². The van der Waals surface area contributed by atoms with Crippen LogP contribution in [0.5, 0.6) is 0 Å². The first-order valence-corrected chi connectivity index (χ1v) is 6.74. The lowest BCUT2D eigenvalue weighted by Crippen LogP contribution is -2.05. The second-order valence-corrected chi connectivity index (χ2v) is 5.05. The smallest absolute Gasteiger partial charge is 0.363 e. The fourth-order valence-corrected chi connectivity index (χ4v) is 2.29. The number of rotatable bonds is 2. The molecule has 22 heavy (non-hydrogen) atoms. The Hall–Kier alpha value is -2.76. The maximum Gasteiger partial charge on any atom is 0.363 e. The van der Waals surface area contributed by atoms with Crippen molar-refractivity contribution < 1.29 is 13.9 Å². The van der Waals surface area contributed by atoms with Gasteiger partial charge in [-0.3, -0.25) is 4.68 Å². The lowest BCUT2D eigenvalue weighted by atomic mass is 10.1. The van der Waals surface area contributed by atoms with Gasteiger partial charge in [-0.15, -0.1) is 0 Å². The number of nitrogens with zero attached hydrogens (tertiary/aromatic N) is 3. The zero-order valence-corrected chi connectivity index (χ0v) is 12.4. The predicted octanol–water partition coefficient (Wildman–Crippen LogP) is 2.52. The Labute approximate surface area is 126 Å². The number of aryl methyl sites for hydroxylation is 2. The van der Waals surface area contributed by atoms with Crippen molar-refractivity contribution in [1.29, 1.82) is 0 Å². The van der Waals surface area contributed by atoms with Gasteiger partial charge in [0.1, 0.15) is 5.82 Å². The summed E-state index contributed by atoms with van der Waals surface area (Å²) >= 11 is 0. The molecule has 0 atom stereocenters. The van der Waals surface area contributed by atoms with Crippen molar-refractivity contribution in [3.8, 4) is 0 Å². The van der Waals surface area contributed by atoms with Crippen LogP contribution >= 0.6 is 0 Å². The van der Waals surface area contributed by atoms with E-state index in [0.717, 1.165) is 17.0 Å². The van der Waals surface area contributed by atoms with Gasteiger partial charge in [0.05, 0.1) is 5.69 Å². The van der Waals surface area contributed by atoms with Crippen LogP contribution in [0, 0.1) is 19.7 Å². The molecule has 0 spiro atoms. The molecule has 1 aromatic heterocycles. The third kappa shape index (κ3) is 2.43. The number of benzene rings is 1. The molecule has 0 bridgehead atoms. The van der Waals surface area contributed by atoms with Crippen molar-refractivity contribution in [2.45, 2.75) is 13.8 Å². The first kappa shape index (κ1) is 14.2. The molecule has 3 rings (SSSR count). The van der Waals surface area contributed by atoms with Gasteiger partial charge in [0.2, 0.25) is 5.90 Å². The lowest BCUT2D eigenvalue weighted by molar-refractivity contribution is -0.129. The first-order valence-electron chi connectivity index (χ1n) is 6.74. The topological polar surface area (TPSA) is 56.5 Å². The van der Waals surface area contributed by atoms with E-state index in [-0.39, 0.29) is 11.6 Å². The highest BCUT2D eigenvalue weighted by Gasteiger charge is 2.25. The number of cyclic esters (lactones) is 1. The Bertz CT molecular complexity index is 834. The Kier molecular flexibility index (Phi) is 3.36. The number of ether oxygens (including phenoxy) is 1. The maximum absolute atomic E-state index is 13.2. The van der Waals surface area contributed by atoms with Crippen molar-refractivity contribution in [3.63, 3.8) is 0 Å². The van der Waals surface area contributed by atoms with E-state index in [0.29, 0.717) is 5.56 Å². The SMILES string of the molecule is Cc1nn(C)c(C)c1/C=C1\N=C(c2cccc(F)c2)OC1=O. The molecule has 0 N–H and O–H groups in total. The molecule has 112 valence electrons. The normalized spacial score (nSPS) is 16.1. The molecule has 0 saturated carbocycles. The predicted molar refractivity (Wildman–Crippen MR) is 79.7 cm³/mol. The molecular weight excluding hydrogens is 285 g/mol. The van der Waals surface area contributed by atoms with Gasteiger partial charge in [0.15, 0.2) is 5.70 Å². The Morgan fingerprint density at radius 2 is 2.09 bits per heavy atom. The summed E-state index contributed by atoms with van der Waals surface area (Å²) < 4.78 is 20.1. The number of aliphatic imine (C=N–C) groups is 1. The molecule has 0 fully saturated rings. The molecule has 2 heterocycles. The highest BCUT2D eigenvalue weighted by molar-refractivity contribution is 6.12. The molecular formula is C16H14FN3O2. The largest absolute Gasteiger partial charge is 0.402 e. The summed E-state index contributed by atoms with van der Waals surface area (Å²) in [6, 6.07) is 5.77. The number of hydrogen-bond acceptors (Lipinski definition) is 4. The van der Waals surface area contributed by atoms with Crippen LogP contribution in [-0.2, 0) is 16.6 Å². The van der Waals surface area contributed by atoms with Crippen molar-refractivity contribution in [2.24, 2.45) is 12.0 Å². The molecule has 0 unspecified atom stereocenters. The summed E-state index contributed by atoms with van der Waals surface area (Å²) in [5.74, 6) is -0.857. The molecule has 1 aromatic carbocycles. The average Bonchev–Trinajstić information content (AvgIpc) is 2.95. The average molecular weight is 299 g/mol. The summed E-state index contributed by atoms with van der Waals surface area (Å²) in [4.78, 5) is 16.1. The highest BCUT2D eigenvalue weighted by atomic mass is 19.1. The van der Waals surface area contributed by atoms with E-state index in [2.05, 4.69) is 10.1 Å². The van der Waals surface area contributed by atoms with E-state index in [4.69, 9.17) is 4.74 Å². The molecule has 1 aliphatic rings. The van der Waals surface area contributed by atoms with Gasteiger partial charge in [-0.2, -0.15) is 5.10 Å². The third-order valence-corrected chi connectivity index (χ3v) is 3.54. The summed E-state index contributed by atoms with van der Waals surface area (Å²) in [6.07, 6.45) is 1.65. The van der Waals surface area contributed by atoms with Gasteiger partial charge in [-0.05, 0) is 38.1 Å². The molecule has 0 radical (unpaired) electrons. The second-order valence-electron chi connectivity index (χ2n) is 5.05. The fraction of sp³-hybridized carbons (Fsp3) is 0.188. The van der Waals surface area contributed by atoms with E-state index in [1.807, 2.05) is 20.9 Å². The number of carbonyl (C=O) groups excluding carboxylic acids is 1. The van der Waals surface area contributed by atoms with Gasteiger partial charge in [-0.1, -0.05) is 6.07 Å². The minimum atomic E-state index is -0.554. The van der Waals surface area contributed by atoms with Gasteiger partial charge in [0.25, 0.3) is 0 Å². The van der Waals surface area contributed by atoms with Crippen LogP contribution in [0.2, 0.25) is 0 Å². The standard InChI is InChI=1S/C16H14FN3O2/c1-9-13(10(2)20(3)19-9)8-14-16(21)22-15(18-14)11-5-4-6-12(17)7-11/h4-8H,1-3H3/b14-8-. The van der Waals surface area contributed by atoms with Crippen LogP contribution in [0.15, 0.2) is 35.0 Å². The Morgan fingerprint density at radius 1 is 1.32 bits per heavy atom. The number of esters is 1. The summed E-state index contributed by atoms with van der Waals surface area (Å²) in [7, 11) is 1.83. The van der Waals surface area contributed by atoms with E-state index in [9.17, 15) is 9.18 Å². The summed E-state index contributed by atoms with van der Waals surface area (Å²) in [6.45, 7) is 3.76. The monoisotopic (exact) mass is 299 g/mol. The van der Waals surface area contributed by atoms with Gasteiger partial charge in [0, 0.05) is 23.9 Å². The van der Waals surface area contributed by atoms with E-state index in [1.165, 1.54) is 18.2 Å². The van der Waals surface area contributed by atoms with Gasteiger partial charge >= 0.3 is 5.97 Å². The number of carbonyl (C=O) groups is 1. The van der Waals surface area contributed by atoms with E-state index < -0.39 is 11.8 Å². The molecule has 6 heteroatoms. The Morgan fingerprint density at radius 3 is 2.73 bits per heavy atom. The lowest BCUT2D eigenvalue weighted by Gasteiger charge is -1.98. The first-order chi connectivity index (χ1) is 10.5. The van der Waals surface area contributed by atoms with Crippen molar-refractivity contribution in [3.05, 3.63) is 58.3 Å². The summed E-state index contributed by atoms with van der Waals surface area (Å²) in [5, 5.41) is 4.29. The zero-order chi connectivity index (χ0) is 15.9. The quantitative estimate of drug-likeness (QED) is 0.632. The molecule has 2 aromatic rings. The van der Waals surface area contributed by atoms with Crippen molar-refractivity contribution in [2.75, 3.05) is 0 Å². The zero-order valence-electron chi connectivity index (χ0n) is 12.4. The minimum Gasteiger partial charge on any atom is -0.402 e. The van der Waals surface area contributed by atoms with E-state index >= 15 is 0 Å². The van der Waals surface area contributed by atoms with Gasteiger partial charge < -0.3 is 4.74 Å². The fourth-order valence-electron chi connectivity index (χ4n) is 2.29. The molecule has 0 aliphatic carbocycles. The van der Waals surface area contributed by atoms with Gasteiger partial charge in [-0.25, -0.2) is 14.2 Å². The van der Waals surface area contributed by atoms with Crippen LogP contribution in [0.25, 0.3) is 6.08 Å². The minimum absolute atomic E-state index is 0.106. The van der Waals surface area contributed by atoms with Crippen LogP contribution in [-0.4, -0.2) is 21.6 Å². The van der Waals surface area contributed by atoms with E-state index in [1.54, 1.807) is 16.8 Å². The van der Waals surface area contributed by atoms with Crippen molar-refractivity contribution in [1.82, 2.24) is 9.78 Å². The number of aromatic nitrogens is 2. The maximum atomic E-state index is 13.2. The Balaban J connectivity index is 2.01. The van der Waals surface area contributed by atoms with Crippen LogP contribution < -0.4 is 0 Å². The molecule has 0 saturated heterocycles. The third-order valence-electron chi connectivity index (χ3n) is 3.54. The second kappa shape index (κ2) is 5.22. The summed E-state index contributed by atoms with van der Waals surface area (Å²) in [5.41, 5.74) is 3.16. The molecule has 1 aliphatic heterocycles. The van der Waals surface area contributed by atoms with Crippen LogP contribution in [0.1, 0.15) is 22.5 Å². The number of halogens is 1. The molecule has 0 amide bonds. The van der Waals surface area contributed by atoms with Crippen LogP contribution in [0.4, 0.5) is 4.39 Å². The highest BCUT2D eigenvalue weighted by Crippen LogP contribution is 2.22. The molecule has 5 nitrogen and oxygen atoms in total.